The van der Waals surface area contributed by atoms with E-state index in [2.05, 4.69) is 28.1 Å². The third kappa shape index (κ3) is 1.41. The van der Waals surface area contributed by atoms with Crippen LogP contribution in [0.4, 0.5) is 0 Å². The standard InChI is InChI=1S/C11H13ClN2/c1-13-6-8-4-3-5-10-11(8)9(12)7-14(10)2/h3-5,7,13H,6H2,1-2H3. The lowest BCUT2D eigenvalue weighted by Crippen LogP contribution is -2.05. The molecule has 0 fully saturated rings. The molecule has 0 radical (unpaired) electrons. The van der Waals surface area contributed by atoms with Crippen LogP contribution in [-0.4, -0.2) is 11.6 Å². The number of nitrogens with one attached hydrogen (secondary N) is 1. The summed E-state index contributed by atoms with van der Waals surface area (Å²) in [7, 11) is 3.95. The zero-order valence-electron chi connectivity index (χ0n) is 8.34. The van der Waals surface area contributed by atoms with Crippen molar-refractivity contribution < 1.29 is 0 Å². The van der Waals surface area contributed by atoms with Crippen LogP contribution in [0.2, 0.25) is 5.02 Å². The minimum Gasteiger partial charge on any atom is -0.349 e. The monoisotopic (exact) mass is 208 g/mol. The zero-order valence-corrected chi connectivity index (χ0v) is 9.10. The number of halogens is 1. The van der Waals surface area contributed by atoms with Crippen molar-refractivity contribution in [3.05, 3.63) is 35.0 Å². The molecule has 0 bridgehead atoms. The number of fused-ring (bicyclic) bond motifs is 1. The molecule has 3 heteroatoms. The fourth-order valence-corrected chi connectivity index (χ4v) is 2.16. The van der Waals surface area contributed by atoms with E-state index in [1.54, 1.807) is 0 Å². The summed E-state index contributed by atoms with van der Waals surface area (Å²) in [5, 5.41) is 5.13. The van der Waals surface area contributed by atoms with Gasteiger partial charge in [-0.15, -0.1) is 0 Å². The molecular formula is C11H13ClN2. The van der Waals surface area contributed by atoms with Gasteiger partial charge in [0.05, 0.1) is 5.02 Å². The molecule has 1 aromatic carbocycles. The van der Waals surface area contributed by atoms with Crippen molar-refractivity contribution in [1.82, 2.24) is 9.88 Å². The predicted octanol–water partition coefficient (Wildman–Crippen LogP) is 2.55. The Kier molecular flexibility index (Phi) is 2.48. The quantitative estimate of drug-likeness (QED) is 0.803. The molecule has 0 aliphatic rings. The van der Waals surface area contributed by atoms with Gasteiger partial charge in [-0.05, 0) is 18.7 Å². The maximum Gasteiger partial charge on any atom is 0.0664 e. The molecule has 1 N–H and O–H groups in total. The number of hydrogen-bond acceptors (Lipinski definition) is 1. The molecule has 0 saturated heterocycles. The van der Waals surface area contributed by atoms with Gasteiger partial charge in [0, 0.05) is 30.7 Å². The van der Waals surface area contributed by atoms with E-state index in [4.69, 9.17) is 11.6 Å². The number of nitrogens with zero attached hydrogens (tertiary/aromatic N) is 1. The number of benzene rings is 1. The second kappa shape index (κ2) is 3.64. The van der Waals surface area contributed by atoms with E-state index in [1.807, 2.05) is 20.3 Å². The maximum atomic E-state index is 6.17. The summed E-state index contributed by atoms with van der Waals surface area (Å²) in [6, 6.07) is 6.25. The molecule has 74 valence electrons. The molecule has 0 amide bonds. The van der Waals surface area contributed by atoms with Gasteiger partial charge in [0.15, 0.2) is 0 Å². The highest BCUT2D eigenvalue weighted by atomic mass is 35.5. The Hall–Kier alpha value is -0.990. The van der Waals surface area contributed by atoms with Crippen molar-refractivity contribution >= 4 is 22.5 Å². The largest absolute Gasteiger partial charge is 0.349 e. The van der Waals surface area contributed by atoms with Crippen LogP contribution >= 0.6 is 11.6 Å². The molecule has 0 aliphatic carbocycles. The highest BCUT2D eigenvalue weighted by Gasteiger charge is 2.07. The van der Waals surface area contributed by atoms with Crippen LogP contribution in [0, 0.1) is 0 Å². The van der Waals surface area contributed by atoms with Gasteiger partial charge in [-0.1, -0.05) is 23.7 Å². The second-order valence-corrected chi connectivity index (χ2v) is 3.84. The molecule has 0 atom stereocenters. The van der Waals surface area contributed by atoms with Gasteiger partial charge in [-0.25, -0.2) is 0 Å². The number of rotatable bonds is 2. The molecule has 1 heterocycles. The van der Waals surface area contributed by atoms with Crippen LogP contribution in [-0.2, 0) is 13.6 Å². The first-order valence-corrected chi connectivity index (χ1v) is 4.99. The molecule has 2 nitrogen and oxygen atoms in total. The van der Waals surface area contributed by atoms with E-state index in [-0.39, 0.29) is 0 Å². The molecule has 0 aliphatic heterocycles. The predicted molar refractivity (Wildman–Crippen MR) is 60.7 cm³/mol. The van der Waals surface area contributed by atoms with E-state index in [0.717, 1.165) is 17.0 Å². The van der Waals surface area contributed by atoms with Crippen LogP contribution in [0.5, 0.6) is 0 Å². The Labute approximate surface area is 88.5 Å². The summed E-state index contributed by atoms with van der Waals surface area (Å²) < 4.78 is 2.05. The third-order valence-corrected chi connectivity index (χ3v) is 2.71. The van der Waals surface area contributed by atoms with Crippen LogP contribution in [0.1, 0.15) is 5.56 Å². The highest BCUT2D eigenvalue weighted by molar-refractivity contribution is 6.35. The summed E-state index contributed by atoms with van der Waals surface area (Å²) in [5.74, 6) is 0. The van der Waals surface area contributed by atoms with Gasteiger partial charge in [0.1, 0.15) is 0 Å². The molecule has 1 aromatic heterocycles. The Bertz CT molecular complexity index is 460. The van der Waals surface area contributed by atoms with E-state index in [0.29, 0.717) is 0 Å². The lowest BCUT2D eigenvalue weighted by Gasteiger charge is -2.03. The topological polar surface area (TPSA) is 17.0 Å². The van der Waals surface area contributed by atoms with Gasteiger partial charge in [-0.3, -0.25) is 0 Å². The van der Waals surface area contributed by atoms with Crippen molar-refractivity contribution in [1.29, 1.82) is 0 Å². The van der Waals surface area contributed by atoms with Crippen LogP contribution in [0.25, 0.3) is 10.9 Å². The van der Waals surface area contributed by atoms with Crippen molar-refractivity contribution in [2.24, 2.45) is 7.05 Å². The number of hydrogen-bond donors (Lipinski definition) is 1. The average molecular weight is 209 g/mol. The summed E-state index contributed by atoms with van der Waals surface area (Å²) in [6.07, 6.45) is 1.95. The summed E-state index contributed by atoms with van der Waals surface area (Å²) >= 11 is 6.17. The zero-order chi connectivity index (χ0) is 10.1. The minimum atomic E-state index is 0.827. The molecule has 0 spiro atoms. The van der Waals surface area contributed by atoms with Gasteiger partial charge >= 0.3 is 0 Å². The van der Waals surface area contributed by atoms with Crippen LogP contribution < -0.4 is 5.32 Å². The first kappa shape index (κ1) is 9.56. The normalized spacial score (nSPS) is 11.1. The SMILES string of the molecule is CNCc1cccc2c1c(Cl)cn2C. The van der Waals surface area contributed by atoms with Crippen molar-refractivity contribution in [2.75, 3.05) is 7.05 Å². The molecule has 2 rings (SSSR count). The minimum absolute atomic E-state index is 0.827. The summed E-state index contributed by atoms with van der Waals surface area (Å²) in [4.78, 5) is 0. The van der Waals surface area contributed by atoms with Crippen molar-refractivity contribution in [2.45, 2.75) is 6.54 Å². The molecule has 0 unspecified atom stereocenters. The maximum absolute atomic E-state index is 6.17. The number of aromatic nitrogens is 1. The summed E-state index contributed by atoms with van der Waals surface area (Å²) in [5.41, 5.74) is 2.43. The van der Waals surface area contributed by atoms with Crippen LogP contribution in [0.15, 0.2) is 24.4 Å². The fourth-order valence-electron chi connectivity index (χ4n) is 1.80. The van der Waals surface area contributed by atoms with E-state index < -0.39 is 0 Å². The van der Waals surface area contributed by atoms with E-state index in [9.17, 15) is 0 Å². The Balaban J connectivity index is 2.72. The third-order valence-electron chi connectivity index (χ3n) is 2.42. The lowest BCUT2D eigenvalue weighted by molar-refractivity contribution is 0.823. The van der Waals surface area contributed by atoms with Gasteiger partial charge in [-0.2, -0.15) is 0 Å². The van der Waals surface area contributed by atoms with Crippen LogP contribution in [0.3, 0.4) is 0 Å². The average Bonchev–Trinajstić information content (AvgIpc) is 2.44. The Morgan fingerprint density at radius 3 is 2.93 bits per heavy atom. The van der Waals surface area contributed by atoms with Gasteiger partial charge < -0.3 is 9.88 Å². The molecule has 0 saturated carbocycles. The van der Waals surface area contributed by atoms with Crippen molar-refractivity contribution in [3.8, 4) is 0 Å². The lowest BCUT2D eigenvalue weighted by atomic mass is 10.1. The Morgan fingerprint density at radius 2 is 2.21 bits per heavy atom. The first-order chi connectivity index (χ1) is 6.74. The second-order valence-electron chi connectivity index (χ2n) is 3.43. The number of aryl methyl sites for hydroxylation is 1. The Morgan fingerprint density at radius 1 is 1.43 bits per heavy atom. The smallest absolute Gasteiger partial charge is 0.0664 e. The fraction of sp³-hybridized carbons (Fsp3) is 0.273. The molecule has 14 heavy (non-hydrogen) atoms. The van der Waals surface area contributed by atoms with E-state index in [1.165, 1.54) is 11.1 Å². The molecule has 2 aromatic rings. The van der Waals surface area contributed by atoms with Gasteiger partial charge in [0.2, 0.25) is 0 Å². The van der Waals surface area contributed by atoms with E-state index >= 15 is 0 Å². The highest BCUT2D eigenvalue weighted by Crippen LogP contribution is 2.28. The van der Waals surface area contributed by atoms with Crippen molar-refractivity contribution in [3.63, 3.8) is 0 Å². The molecular weight excluding hydrogens is 196 g/mol. The first-order valence-electron chi connectivity index (χ1n) is 4.61. The summed E-state index contributed by atoms with van der Waals surface area (Å²) in [6.45, 7) is 0.848. The van der Waals surface area contributed by atoms with Gasteiger partial charge in [0.25, 0.3) is 0 Å².